The highest BCUT2D eigenvalue weighted by Crippen LogP contribution is 2.40. The Kier molecular flexibility index (Phi) is 5.81. The predicted molar refractivity (Wildman–Crippen MR) is 119 cm³/mol. The van der Waals surface area contributed by atoms with E-state index in [1.165, 1.54) is 0 Å². The SMILES string of the molecule is CC1=CC(C)(C)N(C)c2cc(Cl)c(/C=C(\C#N)C(=O)NCc3ccccc3)cc21. The van der Waals surface area contributed by atoms with E-state index >= 15 is 0 Å². The Labute approximate surface area is 177 Å². The van der Waals surface area contributed by atoms with Crippen LogP contribution < -0.4 is 10.2 Å². The molecule has 0 spiro atoms. The molecule has 0 bridgehead atoms. The van der Waals surface area contributed by atoms with Gasteiger partial charge in [-0.25, -0.2) is 0 Å². The summed E-state index contributed by atoms with van der Waals surface area (Å²) in [5.41, 5.74) is 4.74. The fourth-order valence-corrected chi connectivity index (χ4v) is 3.69. The number of nitriles is 1. The lowest BCUT2D eigenvalue weighted by Gasteiger charge is -2.40. The normalized spacial score (nSPS) is 15.2. The van der Waals surface area contributed by atoms with E-state index in [9.17, 15) is 10.1 Å². The molecule has 2 aromatic rings. The minimum absolute atomic E-state index is 0.0221. The second kappa shape index (κ2) is 8.14. The minimum atomic E-state index is -0.421. The van der Waals surface area contributed by atoms with Gasteiger partial charge in [-0.1, -0.05) is 48.0 Å². The summed E-state index contributed by atoms with van der Waals surface area (Å²) in [4.78, 5) is 14.7. The summed E-state index contributed by atoms with van der Waals surface area (Å²) in [7, 11) is 2.03. The molecule has 0 aromatic heterocycles. The Hall–Kier alpha value is -3.03. The van der Waals surface area contributed by atoms with Crippen molar-refractivity contribution in [3.63, 3.8) is 0 Å². The molecular weight excluding hydrogens is 382 g/mol. The smallest absolute Gasteiger partial charge is 0.262 e. The Morgan fingerprint density at radius 1 is 1.28 bits per heavy atom. The number of benzene rings is 2. The quantitative estimate of drug-likeness (QED) is 0.562. The number of nitrogens with zero attached hydrogens (tertiary/aromatic N) is 2. The van der Waals surface area contributed by atoms with Crippen molar-refractivity contribution in [3.05, 3.63) is 75.8 Å². The third-order valence-corrected chi connectivity index (χ3v) is 5.62. The van der Waals surface area contributed by atoms with Crippen molar-refractivity contribution in [2.75, 3.05) is 11.9 Å². The highest BCUT2D eigenvalue weighted by Gasteiger charge is 2.29. The number of allylic oxidation sites excluding steroid dienone is 1. The summed E-state index contributed by atoms with van der Waals surface area (Å²) in [5.74, 6) is -0.421. The number of carbonyl (C=O) groups excluding carboxylic acids is 1. The van der Waals surface area contributed by atoms with Gasteiger partial charge in [0, 0.05) is 29.9 Å². The molecule has 1 N–H and O–H groups in total. The Morgan fingerprint density at radius 2 is 1.97 bits per heavy atom. The van der Waals surface area contributed by atoms with Crippen molar-refractivity contribution in [1.29, 1.82) is 5.26 Å². The summed E-state index contributed by atoms with van der Waals surface area (Å²) in [6, 6.07) is 15.4. The van der Waals surface area contributed by atoms with Crippen LogP contribution in [0, 0.1) is 11.3 Å². The van der Waals surface area contributed by atoms with Gasteiger partial charge in [-0.05, 0) is 55.7 Å². The average molecular weight is 406 g/mol. The minimum Gasteiger partial charge on any atom is -0.365 e. The van der Waals surface area contributed by atoms with Crippen LogP contribution in [0.2, 0.25) is 5.02 Å². The predicted octanol–water partition coefficient (Wildman–Crippen LogP) is 5.20. The number of hydrogen-bond acceptors (Lipinski definition) is 3. The lowest BCUT2D eigenvalue weighted by molar-refractivity contribution is -0.117. The standard InChI is InChI=1S/C24H24ClN3O/c1-16-13-24(2,3)28(4)22-12-21(25)18(11-20(16)22)10-19(14-26)23(29)27-15-17-8-6-5-7-9-17/h5-13H,15H2,1-4H3,(H,27,29)/b19-10+. The van der Waals surface area contributed by atoms with Crippen molar-refractivity contribution in [2.24, 2.45) is 0 Å². The van der Waals surface area contributed by atoms with E-state index in [0.29, 0.717) is 17.1 Å². The topological polar surface area (TPSA) is 56.1 Å². The fraction of sp³-hybridized carbons (Fsp3) is 0.250. The first-order valence-corrected chi connectivity index (χ1v) is 9.82. The van der Waals surface area contributed by atoms with Crippen LogP contribution in [0.4, 0.5) is 5.69 Å². The van der Waals surface area contributed by atoms with E-state index in [2.05, 4.69) is 37.1 Å². The number of fused-ring (bicyclic) bond motifs is 1. The van der Waals surface area contributed by atoms with E-state index < -0.39 is 5.91 Å². The molecule has 1 aliphatic heterocycles. The molecule has 29 heavy (non-hydrogen) atoms. The fourth-order valence-electron chi connectivity index (χ4n) is 3.48. The molecule has 0 atom stereocenters. The zero-order valence-corrected chi connectivity index (χ0v) is 17.8. The van der Waals surface area contributed by atoms with Crippen LogP contribution in [0.15, 0.2) is 54.1 Å². The lowest BCUT2D eigenvalue weighted by Crippen LogP contribution is -2.42. The summed E-state index contributed by atoms with van der Waals surface area (Å²) in [5, 5.41) is 12.8. The molecule has 0 aliphatic carbocycles. The number of amides is 1. The van der Waals surface area contributed by atoms with Gasteiger partial charge in [0.05, 0.1) is 5.54 Å². The maximum absolute atomic E-state index is 12.5. The molecule has 148 valence electrons. The number of anilines is 1. The zero-order valence-electron chi connectivity index (χ0n) is 17.1. The van der Waals surface area contributed by atoms with E-state index in [1.54, 1.807) is 6.08 Å². The molecule has 2 aromatic carbocycles. The zero-order chi connectivity index (χ0) is 21.2. The van der Waals surface area contributed by atoms with Crippen LogP contribution >= 0.6 is 11.6 Å². The number of likely N-dealkylation sites (N-methyl/N-ethyl adjacent to an activating group) is 1. The monoisotopic (exact) mass is 405 g/mol. The number of rotatable bonds is 4. The molecule has 5 heteroatoms. The Bertz CT molecular complexity index is 1050. The third kappa shape index (κ3) is 4.36. The van der Waals surface area contributed by atoms with Gasteiger partial charge in [-0.2, -0.15) is 5.26 Å². The van der Waals surface area contributed by atoms with Gasteiger partial charge < -0.3 is 10.2 Å². The molecule has 0 saturated carbocycles. The lowest BCUT2D eigenvalue weighted by atomic mass is 9.88. The number of nitrogens with one attached hydrogen (secondary N) is 1. The Morgan fingerprint density at radius 3 is 2.62 bits per heavy atom. The average Bonchev–Trinajstić information content (AvgIpc) is 2.69. The molecular formula is C24H24ClN3O. The molecule has 0 fully saturated rings. The van der Waals surface area contributed by atoms with E-state index in [4.69, 9.17) is 11.6 Å². The van der Waals surface area contributed by atoms with Gasteiger partial charge in [0.2, 0.25) is 0 Å². The van der Waals surface area contributed by atoms with Crippen LogP contribution in [0.5, 0.6) is 0 Å². The summed E-state index contributed by atoms with van der Waals surface area (Å²) in [6.45, 7) is 6.71. The molecule has 0 radical (unpaired) electrons. The van der Waals surface area contributed by atoms with E-state index in [0.717, 1.165) is 22.4 Å². The molecule has 3 rings (SSSR count). The van der Waals surface area contributed by atoms with Crippen LogP contribution in [-0.2, 0) is 11.3 Å². The second-order valence-corrected chi connectivity index (χ2v) is 8.18. The number of halogens is 1. The molecule has 0 saturated heterocycles. The Balaban J connectivity index is 1.90. The largest absolute Gasteiger partial charge is 0.365 e. The van der Waals surface area contributed by atoms with Crippen molar-refractivity contribution >= 4 is 34.8 Å². The van der Waals surface area contributed by atoms with Gasteiger partial charge in [0.1, 0.15) is 11.6 Å². The van der Waals surface area contributed by atoms with Gasteiger partial charge in [0.25, 0.3) is 5.91 Å². The van der Waals surface area contributed by atoms with E-state index in [-0.39, 0.29) is 11.1 Å². The van der Waals surface area contributed by atoms with Gasteiger partial charge in [-0.3, -0.25) is 4.79 Å². The van der Waals surface area contributed by atoms with Crippen molar-refractivity contribution in [2.45, 2.75) is 32.9 Å². The summed E-state index contributed by atoms with van der Waals surface area (Å²) >= 11 is 6.51. The first-order chi connectivity index (χ1) is 13.7. The van der Waals surface area contributed by atoms with Crippen LogP contribution in [0.1, 0.15) is 37.5 Å². The molecule has 1 aliphatic rings. The second-order valence-electron chi connectivity index (χ2n) is 7.77. The van der Waals surface area contributed by atoms with Crippen LogP contribution in [-0.4, -0.2) is 18.5 Å². The van der Waals surface area contributed by atoms with Gasteiger partial charge in [-0.15, -0.1) is 0 Å². The highest BCUT2D eigenvalue weighted by atomic mass is 35.5. The first-order valence-electron chi connectivity index (χ1n) is 9.44. The first kappa shape index (κ1) is 20.7. The van der Waals surface area contributed by atoms with Gasteiger partial charge >= 0.3 is 0 Å². The van der Waals surface area contributed by atoms with Crippen molar-refractivity contribution in [1.82, 2.24) is 5.32 Å². The number of carbonyl (C=O) groups is 1. The maximum atomic E-state index is 12.5. The third-order valence-electron chi connectivity index (χ3n) is 5.30. The molecule has 1 amide bonds. The van der Waals surface area contributed by atoms with Crippen molar-refractivity contribution in [3.8, 4) is 6.07 Å². The van der Waals surface area contributed by atoms with Crippen LogP contribution in [0.3, 0.4) is 0 Å². The van der Waals surface area contributed by atoms with Crippen molar-refractivity contribution < 1.29 is 4.79 Å². The number of hydrogen-bond donors (Lipinski definition) is 1. The highest BCUT2D eigenvalue weighted by molar-refractivity contribution is 6.32. The maximum Gasteiger partial charge on any atom is 0.262 e. The van der Waals surface area contributed by atoms with Gasteiger partial charge in [0.15, 0.2) is 0 Å². The van der Waals surface area contributed by atoms with E-state index in [1.807, 2.05) is 55.6 Å². The summed E-state index contributed by atoms with van der Waals surface area (Å²) < 4.78 is 0. The summed E-state index contributed by atoms with van der Waals surface area (Å²) in [6.07, 6.45) is 3.75. The molecule has 0 unspecified atom stereocenters. The molecule has 4 nitrogen and oxygen atoms in total. The molecule has 1 heterocycles. The van der Waals surface area contributed by atoms with Crippen LogP contribution in [0.25, 0.3) is 11.6 Å².